The van der Waals surface area contributed by atoms with Gasteiger partial charge in [0.2, 0.25) is 0 Å². The molecule has 0 saturated carbocycles. The van der Waals surface area contributed by atoms with Crippen LogP contribution in [0.25, 0.3) is 0 Å². The van der Waals surface area contributed by atoms with Crippen molar-refractivity contribution >= 4 is 35.0 Å². The second kappa shape index (κ2) is 6.74. The second-order valence-corrected chi connectivity index (χ2v) is 4.32. The summed E-state index contributed by atoms with van der Waals surface area (Å²) in [6, 6.07) is 5.69. The summed E-state index contributed by atoms with van der Waals surface area (Å²) in [6.07, 6.45) is 2.10. The number of benzene rings is 1. The van der Waals surface area contributed by atoms with Gasteiger partial charge in [0.1, 0.15) is 13.6 Å². The van der Waals surface area contributed by atoms with E-state index in [1.807, 2.05) is 26.0 Å². The van der Waals surface area contributed by atoms with E-state index in [4.69, 9.17) is 4.74 Å². The van der Waals surface area contributed by atoms with Crippen LogP contribution in [0.4, 0.5) is 0 Å². The lowest BCUT2D eigenvalue weighted by Gasteiger charge is -2.10. The van der Waals surface area contributed by atoms with Gasteiger partial charge in [-0.1, -0.05) is 40.8 Å². The number of Topliss-reactive ketones (excluding diaryl/α,β-unsaturated/α-hetero) is 1. The van der Waals surface area contributed by atoms with Crippen molar-refractivity contribution < 1.29 is 9.53 Å². The number of rotatable bonds is 6. The van der Waals surface area contributed by atoms with Gasteiger partial charge in [-0.25, -0.2) is 0 Å². The van der Waals surface area contributed by atoms with Crippen LogP contribution in [0.15, 0.2) is 18.2 Å². The highest BCUT2D eigenvalue weighted by Crippen LogP contribution is 2.18. The van der Waals surface area contributed by atoms with Crippen molar-refractivity contribution in [1.82, 2.24) is 0 Å². The average molecular weight is 283 g/mol. The molecule has 1 aromatic rings. The van der Waals surface area contributed by atoms with Gasteiger partial charge in [-0.3, -0.25) is 4.79 Å². The van der Waals surface area contributed by atoms with E-state index in [-0.39, 0.29) is 5.78 Å². The average Bonchev–Trinajstić information content (AvgIpc) is 2.29. The lowest BCUT2D eigenvalue weighted by molar-refractivity contribution is 0.102. The molecular formula is C12H16BBrO2. The van der Waals surface area contributed by atoms with E-state index >= 15 is 0 Å². The second-order valence-electron chi connectivity index (χ2n) is 3.76. The van der Waals surface area contributed by atoms with E-state index in [2.05, 4.69) is 22.9 Å². The van der Waals surface area contributed by atoms with Gasteiger partial charge >= 0.3 is 0 Å². The summed E-state index contributed by atoms with van der Waals surface area (Å²) in [5.41, 5.74) is 1.77. The number of carbonyl (C=O) groups excluding carboxylic acids is 1. The fourth-order valence-electron chi connectivity index (χ4n) is 1.38. The van der Waals surface area contributed by atoms with Gasteiger partial charge in [0.15, 0.2) is 5.78 Å². The van der Waals surface area contributed by atoms with Crippen LogP contribution in [0.3, 0.4) is 0 Å². The molecule has 0 aliphatic heterocycles. The maximum Gasteiger partial charge on any atom is 0.177 e. The number of halogens is 1. The first kappa shape index (κ1) is 13.3. The van der Waals surface area contributed by atoms with Crippen LogP contribution in [-0.2, 0) is 0 Å². The van der Waals surface area contributed by atoms with Gasteiger partial charge < -0.3 is 4.74 Å². The normalized spacial score (nSPS) is 10.1. The molecule has 0 heterocycles. The predicted octanol–water partition coefficient (Wildman–Crippen LogP) is 1.70. The molecule has 0 aromatic heterocycles. The molecule has 0 fully saturated rings. The van der Waals surface area contributed by atoms with Crippen molar-refractivity contribution in [2.75, 3.05) is 11.9 Å². The van der Waals surface area contributed by atoms with E-state index in [1.165, 1.54) is 0 Å². The van der Waals surface area contributed by atoms with Gasteiger partial charge in [0.05, 0.1) is 17.5 Å². The van der Waals surface area contributed by atoms with E-state index in [9.17, 15) is 4.79 Å². The number of alkyl halides is 1. The Morgan fingerprint density at radius 2 is 2.25 bits per heavy atom. The molecule has 0 bridgehead atoms. The van der Waals surface area contributed by atoms with Gasteiger partial charge in [0, 0.05) is 0 Å². The van der Waals surface area contributed by atoms with Crippen molar-refractivity contribution in [3.8, 4) is 5.75 Å². The largest absolute Gasteiger partial charge is 0.493 e. The molecule has 4 heteroatoms. The Morgan fingerprint density at radius 3 is 2.88 bits per heavy atom. The number of ketones is 1. The lowest BCUT2D eigenvalue weighted by Crippen LogP contribution is -2.10. The van der Waals surface area contributed by atoms with Crippen LogP contribution in [0.5, 0.6) is 5.75 Å². The third-order valence-electron chi connectivity index (χ3n) is 2.31. The maximum atomic E-state index is 11.7. The minimum absolute atomic E-state index is 0.0616. The summed E-state index contributed by atoms with van der Waals surface area (Å²) in [7, 11) is 2.00. The van der Waals surface area contributed by atoms with Crippen molar-refractivity contribution in [3.63, 3.8) is 0 Å². The molecule has 1 aromatic carbocycles. The van der Waals surface area contributed by atoms with E-state index in [0.717, 1.165) is 18.3 Å². The number of hydrogen-bond acceptors (Lipinski definition) is 2. The summed E-state index contributed by atoms with van der Waals surface area (Å²) in [4.78, 5) is 11.7. The Labute approximate surface area is 106 Å². The Bertz CT molecular complexity index is 366. The monoisotopic (exact) mass is 282 g/mol. The molecule has 0 amide bonds. The summed E-state index contributed by atoms with van der Waals surface area (Å²) in [6.45, 7) is 2.78. The highest BCUT2D eigenvalue weighted by Gasteiger charge is 2.11. The molecule has 0 aliphatic rings. The van der Waals surface area contributed by atoms with E-state index < -0.39 is 0 Å². The molecule has 2 nitrogen and oxygen atoms in total. The molecular weight excluding hydrogens is 267 g/mol. The molecule has 0 unspecified atom stereocenters. The number of hydrogen-bond donors (Lipinski definition) is 0. The Kier molecular flexibility index (Phi) is 5.60. The first-order chi connectivity index (χ1) is 7.69. The van der Waals surface area contributed by atoms with Gasteiger partial charge in [-0.2, -0.15) is 0 Å². The molecule has 0 spiro atoms. The maximum absolute atomic E-state index is 11.7. The minimum atomic E-state index is 0.0616. The topological polar surface area (TPSA) is 26.3 Å². The molecule has 0 saturated heterocycles. The first-order valence-corrected chi connectivity index (χ1v) is 6.63. The zero-order valence-electron chi connectivity index (χ0n) is 9.75. The van der Waals surface area contributed by atoms with Crippen molar-refractivity contribution in [2.24, 2.45) is 0 Å². The first-order valence-electron chi connectivity index (χ1n) is 5.51. The predicted molar refractivity (Wildman–Crippen MR) is 73.1 cm³/mol. The molecule has 0 radical (unpaired) electrons. The van der Waals surface area contributed by atoms with Crippen molar-refractivity contribution in [1.29, 1.82) is 0 Å². The Morgan fingerprint density at radius 1 is 1.50 bits per heavy atom. The van der Waals surface area contributed by atoms with Crippen molar-refractivity contribution in [3.05, 3.63) is 23.8 Å². The summed E-state index contributed by atoms with van der Waals surface area (Å²) >= 11 is 3.18. The van der Waals surface area contributed by atoms with Gasteiger partial charge in [-0.05, 0) is 18.6 Å². The van der Waals surface area contributed by atoms with Crippen LogP contribution in [0, 0.1) is 0 Å². The molecule has 86 valence electrons. The summed E-state index contributed by atoms with van der Waals surface area (Å²) in [5.74, 6) is 0.768. The van der Waals surface area contributed by atoms with Gasteiger partial charge in [-0.15, -0.1) is 0 Å². The lowest BCUT2D eigenvalue weighted by atomic mass is 9.94. The highest BCUT2D eigenvalue weighted by atomic mass is 79.9. The molecule has 1 rings (SSSR count). The number of unbranched alkanes of at least 4 members (excludes halogenated alkanes) is 1. The fraction of sp³-hybridized carbons (Fsp3) is 0.417. The third-order valence-corrected chi connectivity index (χ3v) is 2.82. The molecule has 0 atom stereocenters. The van der Waals surface area contributed by atoms with Crippen molar-refractivity contribution in [2.45, 2.75) is 19.8 Å². The number of carbonyl (C=O) groups is 1. The molecule has 0 N–H and O–H groups in total. The Hall–Kier alpha value is -0.765. The Balaban J connectivity index is 2.85. The SMILES string of the molecule is Bc1ccc(C(=O)CBr)c(OCCCC)c1. The molecule has 0 aliphatic carbocycles. The van der Waals surface area contributed by atoms with Crippen LogP contribution in [0.1, 0.15) is 30.1 Å². The van der Waals surface area contributed by atoms with E-state index in [0.29, 0.717) is 23.2 Å². The smallest absolute Gasteiger partial charge is 0.177 e. The fourth-order valence-corrected chi connectivity index (χ4v) is 1.68. The number of ether oxygens (including phenoxy) is 1. The van der Waals surface area contributed by atoms with Crippen LogP contribution >= 0.6 is 15.9 Å². The standard InChI is InChI=1S/C12H16BBrO2/c1-2-3-6-16-12-7-9(13)4-5-10(12)11(15)8-14/h4-5,7H,2-3,6,8,13H2,1H3. The van der Waals surface area contributed by atoms with Crippen LogP contribution in [-0.4, -0.2) is 25.6 Å². The summed E-state index contributed by atoms with van der Waals surface area (Å²) in [5, 5.41) is 0.334. The zero-order chi connectivity index (χ0) is 12.0. The highest BCUT2D eigenvalue weighted by molar-refractivity contribution is 9.09. The van der Waals surface area contributed by atoms with E-state index in [1.54, 1.807) is 0 Å². The van der Waals surface area contributed by atoms with Crippen LogP contribution in [0.2, 0.25) is 0 Å². The summed E-state index contributed by atoms with van der Waals surface area (Å²) < 4.78 is 5.64. The molecule has 16 heavy (non-hydrogen) atoms. The van der Waals surface area contributed by atoms with Crippen LogP contribution < -0.4 is 10.2 Å². The van der Waals surface area contributed by atoms with Gasteiger partial charge in [0.25, 0.3) is 0 Å². The quantitative estimate of drug-likeness (QED) is 0.344. The third kappa shape index (κ3) is 3.67. The minimum Gasteiger partial charge on any atom is -0.493 e. The zero-order valence-corrected chi connectivity index (χ0v) is 11.3.